The third kappa shape index (κ3) is 6.60. The molecule has 0 radical (unpaired) electrons. The van der Waals surface area contributed by atoms with E-state index < -0.39 is 15.9 Å². The summed E-state index contributed by atoms with van der Waals surface area (Å²) in [6, 6.07) is 13.8. The third-order valence-corrected chi connectivity index (χ3v) is 5.32. The molecule has 0 bridgehead atoms. The molecule has 29 heavy (non-hydrogen) atoms. The molecular formula is C21H27N3O4S. The van der Waals surface area contributed by atoms with Gasteiger partial charge in [0.25, 0.3) is 0 Å². The summed E-state index contributed by atoms with van der Waals surface area (Å²) in [5.74, 6) is -0.717. The minimum atomic E-state index is -3.66. The van der Waals surface area contributed by atoms with Crippen LogP contribution in [-0.2, 0) is 25.0 Å². The Morgan fingerprint density at radius 3 is 2.00 bits per heavy atom. The molecule has 0 saturated heterocycles. The predicted molar refractivity (Wildman–Crippen MR) is 117 cm³/mol. The van der Waals surface area contributed by atoms with Gasteiger partial charge in [-0.2, -0.15) is 0 Å². The smallest absolute Gasteiger partial charge is 0.245 e. The number of nitrogens with one attached hydrogen (secondary N) is 2. The lowest BCUT2D eigenvalue weighted by Crippen LogP contribution is -2.37. The Kier molecular flexibility index (Phi) is 6.69. The van der Waals surface area contributed by atoms with Crippen LogP contribution < -0.4 is 14.9 Å². The summed E-state index contributed by atoms with van der Waals surface area (Å²) in [6.07, 6.45) is 1.06. The number of hydrogen-bond acceptors (Lipinski definition) is 4. The van der Waals surface area contributed by atoms with Crippen LogP contribution in [0.2, 0.25) is 0 Å². The van der Waals surface area contributed by atoms with Crippen LogP contribution in [0.25, 0.3) is 0 Å². The van der Waals surface area contributed by atoms with Crippen molar-refractivity contribution >= 4 is 38.9 Å². The van der Waals surface area contributed by atoms with Gasteiger partial charge in [0.15, 0.2) is 0 Å². The van der Waals surface area contributed by atoms with Crippen LogP contribution in [0.3, 0.4) is 0 Å². The standard InChI is InChI=1S/C21H27N3O4S/c1-15(25)22-17-7-6-8-18(13-17)23-20(26)14-24(29(5,27)28)19-11-9-16(10-12-19)21(2,3)4/h6-13H,14H2,1-5H3,(H,22,25)(H,23,26). The van der Waals surface area contributed by atoms with Crippen LogP contribution in [0, 0.1) is 0 Å². The summed E-state index contributed by atoms with van der Waals surface area (Å²) in [7, 11) is -3.66. The van der Waals surface area contributed by atoms with Crippen LogP contribution in [0.5, 0.6) is 0 Å². The molecule has 2 aromatic carbocycles. The Morgan fingerprint density at radius 1 is 0.966 bits per heavy atom. The second-order valence-electron chi connectivity index (χ2n) is 7.88. The first kappa shape index (κ1) is 22.4. The van der Waals surface area contributed by atoms with E-state index in [-0.39, 0.29) is 17.9 Å². The van der Waals surface area contributed by atoms with Crippen molar-refractivity contribution in [2.75, 3.05) is 27.7 Å². The fourth-order valence-electron chi connectivity index (χ4n) is 2.74. The number of rotatable bonds is 6. The van der Waals surface area contributed by atoms with Gasteiger partial charge in [0.05, 0.1) is 11.9 Å². The summed E-state index contributed by atoms with van der Waals surface area (Å²) >= 11 is 0. The molecule has 0 heterocycles. The Labute approximate surface area is 172 Å². The van der Waals surface area contributed by atoms with Gasteiger partial charge in [-0.05, 0) is 41.3 Å². The highest BCUT2D eigenvalue weighted by Gasteiger charge is 2.22. The van der Waals surface area contributed by atoms with Gasteiger partial charge in [0.1, 0.15) is 6.54 Å². The van der Waals surface area contributed by atoms with Crippen molar-refractivity contribution in [1.29, 1.82) is 0 Å². The average molecular weight is 418 g/mol. The number of anilines is 3. The molecule has 7 nitrogen and oxygen atoms in total. The van der Waals surface area contributed by atoms with Crippen LogP contribution in [0.4, 0.5) is 17.1 Å². The van der Waals surface area contributed by atoms with Gasteiger partial charge >= 0.3 is 0 Å². The minimum absolute atomic E-state index is 0.0647. The fourth-order valence-corrected chi connectivity index (χ4v) is 3.59. The van der Waals surface area contributed by atoms with E-state index in [1.54, 1.807) is 36.4 Å². The summed E-state index contributed by atoms with van der Waals surface area (Å²) in [5, 5.41) is 5.30. The lowest BCUT2D eigenvalue weighted by atomic mass is 9.87. The van der Waals surface area contributed by atoms with E-state index in [1.807, 2.05) is 12.1 Å². The van der Waals surface area contributed by atoms with E-state index in [0.717, 1.165) is 16.1 Å². The Hall–Kier alpha value is -2.87. The zero-order valence-corrected chi connectivity index (χ0v) is 18.1. The normalized spacial score (nSPS) is 11.6. The van der Waals surface area contributed by atoms with Gasteiger partial charge in [0.2, 0.25) is 21.8 Å². The van der Waals surface area contributed by atoms with Crippen LogP contribution in [0.1, 0.15) is 33.3 Å². The molecular weight excluding hydrogens is 390 g/mol. The van der Waals surface area contributed by atoms with Crippen molar-refractivity contribution < 1.29 is 18.0 Å². The van der Waals surface area contributed by atoms with E-state index in [2.05, 4.69) is 31.4 Å². The monoisotopic (exact) mass is 417 g/mol. The maximum absolute atomic E-state index is 12.5. The molecule has 2 rings (SSSR count). The molecule has 2 N–H and O–H groups in total. The number of carbonyl (C=O) groups is 2. The summed E-state index contributed by atoms with van der Waals surface area (Å²) in [4.78, 5) is 23.7. The highest BCUT2D eigenvalue weighted by molar-refractivity contribution is 7.92. The molecule has 0 saturated carbocycles. The summed E-state index contributed by atoms with van der Waals surface area (Å²) in [6.45, 7) is 7.23. The van der Waals surface area contributed by atoms with Crippen molar-refractivity contribution in [3.63, 3.8) is 0 Å². The lowest BCUT2D eigenvalue weighted by molar-refractivity contribution is -0.115. The van der Waals surface area contributed by atoms with E-state index in [1.165, 1.54) is 6.92 Å². The number of benzene rings is 2. The molecule has 0 aliphatic carbocycles. The number of hydrogen-bond donors (Lipinski definition) is 2. The molecule has 0 unspecified atom stereocenters. The first-order valence-electron chi connectivity index (χ1n) is 9.12. The molecule has 0 aliphatic rings. The SMILES string of the molecule is CC(=O)Nc1cccc(NC(=O)CN(c2ccc(C(C)(C)C)cc2)S(C)(=O)=O)c1. The van der Waals surface area contributed by atoms with Gasteiger partial charge in [-0.15, -0.1) is 0 Å². The quantitative estimate of drug-likeness (QED) is 0.753. The summed E-state index contributed by atoms with van der Waals surface area (Å²) in [5.41, 5.74) is 2.41. The topological polar surface area (TPSA) is 95.6 Å². The maximum Gasteiger partial charge on any atom is 0.245 e. The second kappa shape index (κ2) is 8.65. The highest BCUT2D eigenvalue weighted by Crippen LogP contribution is 2.26. The van der Waals surface area contributed by atoms with Crippen molar-refractivity contribution in [3.8, 4) is 0 Å². The molecule has 0 aromatic heterocycles. The lowest BCUT2D eigenvalue weighted by Gasteiger charge is -2.24. The Bertz CT molecular complexity index is 993. The van der Waals surface area contributed by atoms with Crippen LogP contribution in [-0.4, -0.2) is 33.0 Å². The first-order valence-corrected chi connectivity index (χ1v) is 11.0. The van der Waals surface area contributed by atoms with E-state index in [9.17, 15) is 18.0 Å². The van der Waals surface area contributed by atoms with E-state index in [0.29, 0.717) is 17.1 Å². The molecule has 2 amide bonds. The zero-order chi connectivity index (χ0) is 21.8. The van der Waals surface area contributed by atoms with Gasteiger partial charge < -0.3 is 10.6 Å². The van der Waals surface area contributed by atoms with Gasteiger partial charge in [-0.3, -0.25) is 13.9 Å². The van der Waals surface area contributed by atoms with Crippen molar-refractivity contribution in [2.45, 2.75) is 33.1 Å². The van der Waals surface area contributed by atoms with E-state index in [4.69, 9.17) is 0 Å². The number of nitrogens with zero attached hydrogens (tertiary/aromatic N) is 1. The van der Waals surface area contributed by atoms with Crippen molar-refractivity contribution in [1.82, 2.24) is 0 Å². The first-order chi connectivity index (χ1) is 13.4. The molecule has 0 aliphatic heterocycles. The fraction of sp³-hybridized carbons (Fsp3) is 0.333. The van der Waals surface area contributed by atoms with Crippen molar-refractivity contribution in [3.05, 3.63) is 54.1 Å². The number of sulfonamides is 1. The maximum atomic E-state index is 12.5. The van der Waals surface area contributed by atoms with Gasteiger partial charge in [-0.25, -0.2) is 8.42 Å². The van der Waals surface area contributed by atoms with Gasteiger partial charge in [-0.1, -0.05) is 39.0 Å². The Morgan fingerprint density at radius 2 is 1.52 bits per heavy atom. The van der Waals surface area contributed by atoms with Crippen LogP contribution >= 0.6 is 0 Å². The third-order valence-electron chi connectivity index (χ3n) is 4.18. The second-order valence-corrected chi connectivity index (χ2v) is 9.78. The zero-order valence-electron chi connectivity index (χ0n) is 17.3. The Balaban J connectivity index is 2.19. The van der Waals surface area contributed by atoms with Gasteiger partial charge in [0, 0.05) is 18.3 Å². The van der Waals surface area contributed by atoms with Crippen molar-refractivity contribution in [2.24, 2.45) is 0 Å². The predicted octanol–water partition coefficient (Wildman–Crippen LogP) is 3.35. The molecule has 0 atom stereocenters. The average Bonchev–Trinajstić information content (AvgIpc) is 2.58. The van der Waals surface area contributed by atoms with Crippen LogP contribution in [0.15, 0.2) is 48.5 Å². The minimum Gasteiger partial charge on any atom is -0.326 e. The molecule has 156 valence electrons. The molecule has 0 spiro atoms. The summed E-state index contributed by atoms with van der Waals surface area (Å²) < 4.78 is 25.6. The molecule has 0 fully saturated rings. The number of amides is 2. The highest BCUT2D eigenvalue weighted by atomic mass is 32.2. The molecule has 8 heteroatoms. The van der Waals surface area contributed by atoms with E-state index >= 15 is 0 Å². The molecule has 2 aromatic rings. The number of carbonyl (C=O) groups excluding carboxylic acids is 2. The largest absolute Gasteiger partial charge is 0.326 e.